The number of halogens is 5. The standard InChI is InChI=1S/C20H18F5N5O2/c1-2-32-9-8-26-19(28-18(31)11-6-7-14(21)15(22)10-11)27-17-12-4-3-5-13(20(23,24)25)16(12)29-30-17/h3-7,10H,2,8-9H2,1H3,(H3,26,27,28,29,30,31). The van der Waals surface area contributed by atoms with Gasteiger partial charge >= 0.3 is 6.18 Å². The molecule has 0 aliphatic rings. The number of amides is 1. The van der Waals surface area contributed by atoms with Crippen LogP contribution in [0, 0.1) is 11.6 Å². The van der Waals surface area contributed by atoms with Crippen LogP contribution in [-0.4, -0.2) is 41.8 Å². The molecule has 0 aliphatic heterocycles. The molecular weight excluding hydrogens is 437 g/mol. The Bertz CT molecular complexity index is 1140. The van der Waals surface area contributed by atoms with Gasteiger partial charge in [0.25, 0.3) is 5.91 Å². The number of rotatable bonds is 6. The molecule has 3 N–H and O–H groups in total. The number of H-pyrrole nitrogens is 1. The number of nitrogens with zero attached hydrogens (tertiary/aromatic N) is 2. The van der Waals surface area contributed by atoms with Crippen LogP contribution < -0.4 is 10.6 Å². The van der Waals surface area contributed by atoms with E-state index in [1.165, 1.54) is 12.1 Å². The summed E-state index contributed by atoms with van der Waals surface area (Å²) in [7, 11) is 0. The number of carbonyl (C=O) groups is 1. The lowest BCUT2D eigenvalue weighted by molar-refractivity contribution is -0.136. The summed E-state index contributed by atoms with van der Waals surface area (Å²) in [6, 6.07) is 6.07. The SMILES string of the molecule is CCOCCN/C(=N/C(=O)c1ccc(F)c(F)c1)Nc1n[nH]c2c(C(F)(F)F)cccc12. The molecule has 0 atom stereocenters. The Morgan fingerprint density at radius 3 is 2.66 bits per heavy atom. The predicted octanol–water partition coefficient (Wildman–Crippen LogP) is 4.09. The van der Waals surface area contributed by atoms with E-state index in [1.807, 2.05) is 0 Å². The number of hydrogen-bond acceptors (Lipinski definition) is 3. The molecule has 1 amide bonds. The molecule has 0 aliphatic carbocycles. The van der Waals surface area contributed by atoms with Crippen LogP contribution in [0.3, 0.4) is 0 Å². The normalized spacial score (nSPS) is 12.2. The van der Waals surface area contributed by atoms with Crippen molar-refractivity contribution in [2.45, 2.75) is 13.1 Å². The average Bonchev–Trinajstić information content (AvgIpc) is 3.15. The molecule has 0 fully saturated rings. The first-order valence-electron chi connectivity index (χ1n) is 9.41. The Labute approximate surface area is 178 Å². The number of para-hydroxylation sites is 1. The zero-order valence-corrected chi connectivity index (χ0v) is 16.7. The van der Waals surface area contributed by atoms with Gasteiger partial charge in [0, 0.05) is 24.1 Å². The third-order valence-electron chi connectivity index (χ3n) is 4.26. The maximum Gasteiger partial charge on any atom is 0.418 e. The summed E-state index contributed by atoms with van der Waals surface area (Å²) in [5.41, 5.74) is -1.37. The van der Waals surface area contributed by atoms with Gasteiger partial charge in [-0.1, -0.05) is 6.07 Å². The molecule has 32 heavy (non-hydrogen) atoms. The van der Waals surface area contributed by atoms with E-state index >= 15 is 0 Å². The van der Waals surface area contributed by atoms with Gasteiger partial charge < -0.3 is 15.4 Å². The summed E-state index contributed by atoms with van der Waals surface area (Å²) >= 11 is 0. The van der Waals surface area contributed by atoms with Crippen LogP contribution in [0.5, 0.6) is 0 Å². The first-order chi connectivity index (χ1) is 15.2. The second-order valence-corrected chi connectivity index (χ2v) is 6.44. The Hall–Kier alpha value is -3.54. The van der Waals surface area contributed by atoms with Gasteiger partial charge in [0.1, 0.15) is 0 Å². The maximum atomic E-state index is 13.4. The molecule has 3 aromatic rings. The number of hydrogen-bond donors (Lipinski definition) is 3. The number of aromatic nitrogens is 2. The highest BCUT2D eigenvalue weighted by atomic mass is 19.4. The lowest BCUT2D eigenvalue weighted by Crippen LogP contribution is -2.34. The van der Waals surface area contributed by atoms with E-state index in [0.29, 0.717) is 12.7 Å². The van der Waals surface area contributed by atoms with Crippen LogP contribution in [0.25, 0.3) is 10.9 Å². The lowest BCUT2D eigenvalue weighted by atomic mass is 10.1. The maximum absolute atomic E-state index is 13.4. The van der Waals surface area contributed by atoms with Crippen LogP contribution in [0.1, 0.15) is 22.8 Å². The highest BCUT2D eigenvalue weighted by Gasteiger charge is 2.33. The first kappa shape index (κ1) is 23.1. The molecule has 0 saturated carbocycles. The monoisotopic (exact) mass is 455 g/mol. The topological polar surface area (TPSA) is 91.4 Å². The second kappa shape index (κ2) is 9.73. The fourth-order valence-corrected chi connectivity index (χ4v) is 2.78. The van der Waals surface area contributed by atoms with Gasteiger partial charge in [-0.2, -0.15) is 23.3 Å². The van der Waals surface area contributed by atoms with Crippen molar-refractivity contribution in [3.8, 4) is 0 Å². The summed E-state index contributed by atoms with van der Waals surface area (Å²) in [6.07, 6.45) is -4.60. The molecule has 0 saturated heterocycles. The van der Waals surface area contributed by atoms with E-state index < -0.39 is 29.3 Å². The van der Waals surface area contributed by atoms with Crippen molar-refractivity contribution >= 4 is 28.6 Å². The molecule has 170 valence electrons. The Balaban J connectivity index is 1.91. The number of aliphatic imine (C=N–C) groups is 1. The molecule has 1 heterocycles. The summed E-state index contributed by atoms with van der Waals surface area (Å²) < 4.78 is 71.5. The summed E-state index contributed by atoms with van der Waals surface area (Å²) in [5.74, 6) is -3.44. The van der Waals surface area contributed by atoms with Gasteiger partial charge in [-0.25, -0.2) is 8.78 Å². The van der Waals surface area contributed by atoms with Crippen LogP contribution >= 0.6 is 0 Å². The third-order valence-corrected chi connectivity index (χ3v) is 4.26. The lowest BCUT2D eigenvalue weighted by Gasteiger charge is -2.11. The van der Waals surface area contributed by atoms with Crippen molar-refractivity contribution in [1.82, 2.24) is 15.5 Å². The Kier molecular flexibility index (Phi) is 7.03. The largest absolute Gasteiger partial charge is 0.418 e. The summed E-state index contributed by atoms with van der Waals surface area (Å²) in [6.45, 7) is 2.67. The quantitative estimate of drug-likeness (QED) is 0.225. The highest BCUT2D eigenvalue weighted by molar-refractivity contribution is 6.08. The molecule has 0 bridgehead atoms. The van der Waals surface area contributed by atoms with Gasteiger partial charge in [0.2, 0.25) is 5.96 Å². The molecular formula is C20H18F5N5O2. The number of fused-ring (bicyclic) bond motifs is 1. The van der Waals surface area contributed by atoms with Crippen LogP contribution in [0.4, 0.5) is 27.8 Å². The van der Waals surface area contributed by atoms with E-state index in [-0.39, 0.29) is 41.4 Å². The van der Waals surface area contributed by atoms with Crippen molar-refractivity contribution in [1.29, 1.82) is 0 Å². The van der Waals surface area contributed by atoms with Gasteiger partial charge in [-0.15, -0.1) is 0 Å². The summed E-state index contributed by atoms with van der Waals surface area (Å²) in [5, 5.41) is 11.7. The first-order valence-corrected chi connectivity index (χ1v) is 9.41. The summed E-state index contributed by atoms with van der Waals surface area (Å²) in [4.78, 5) is 16.2. The van der Waals surface area contributed by atoms with Gasteiger partial charge in [0.05, 0.1) is 17.7 Å². The van der Waals surface area contributed by atoms with Crippen LogP contribution in [0.15, 0.2) is 41.4 Å². The fraction of sp³-hybridized carbons (Fsp3) is 0.250. The van der Waals surface area contributed by atoms with E-state index in [9.17, 15) is 26.7 Å². The number of aromatic amines is 1. The predicted molar refractivity (Wildman–Crippen MR) is 107 cm³/mol. The molecule has 1 aromatic heterocycles. The molecule has 12 heteroatoms. The zero-order valence-electron chi connectivity index (χ0n) is 16.7. The van der Waals surface area contributed by atoms with Crippen LogP contribution in [0.2, 0.25) is 0 Å². The Morgan fingerprint density at radius 2 is 1.97 bits per heavy atom. The van der Waals surface area contributed by atoms with E-state index in [2.05, 4.69) is 25.8 Å². The number of anilines is 1. The number of benzene rings is 2. The molecule has 7 nitrogen and oxygen atoms in total. The van der Waals surface area contributed by atoms with Gasteiger partial charge in [0.15, 0.2) is 17.5 Å². The second-order valence-electron chi connectivity index (χ2n) is 6.44. The van der Waals surface area contributed by atoms with Crippen molar-refractivity contribution in [2.24, 2.45) is 4.99 Å². The van der Waals surface area contributed by atoms with E-state index in [1.54, 1.807) is 6.92 Å². The highest BCUT2D eigenvalue weighted by Crippen LogP contribution is 2.35. The Morgan fingerprint density at radius 1 is 1.19 bits per heavy atom. The van der Waals surface area contributed by atoms with Gasteiger partial charge in [-0.05, 0) is 37.3 Å². The van der Waals surface area contributed by atoms with E-state index in [4.69, 9.17) is 4.74 Å². The van der Waals surface area contributed by atoms with E-state index in [0.717, 1.165) is 18.2 Å². The van der Waals surface area contributed by atoms with Crippen LogP contribution in [-0.2, 0) is 10.9 Å². The number of nitrogens with one attached hydrogen (secondary N) is 3. The molecule has 0 unspecified atom stereocenters. The number of guanidine groups is 1. The fourth-order valence-electron chi connectivity index (χ4n) is 2.78. The number of alkyl halides is 3. The average molecular weight is 455 g/mol. The smallest absolute Gasteiger partial charge is 0.380 e. The van der Waals surface area contributed by atoms with Gasteiger partial charge in [-0.3, -0.25) is 9.89 Å². The number of ether oxygens (including phenoxy) is 1. The zero-order chi connectivity index (χ0) is 23.3. The minimum Gasteiger partial charge on any atom is -0.380 e. The third kappa shape index (κ3) is 5.38. The van der Waals surface area contributed by atoms with Crippen molar-refractivity contribution in [2.75, 3.05) is 25.1 Å². The van der Waals surface area contributed by atoms with Crippen molar-refractivity contribution < 1.29 is 31.5 Å². The molecule has 2 aromatic carbocycles. The molecule has 0 spiro atoms. The van der Waals surface area contributed by atoms with Crippen molar-refractivity contribution in [3.63, 3.8) is 0 Å². The number of carbonyl (C=O) groups excluding carboxylic acids is 1. The molecule has 0 radical (unpaired) electrons. The minimum atomic E-state index is -4.60. The van der Waals surface area contributed by atoms with Crippen molar-refractivity contribution in [3.05, 3.63) is 59.2 Å². The molecule has 3 rings (SSSR count). The minimum absolute atomic E-state index is 0.0214.